The van der Waals surface area contributed by atoms with E-state index in [1.807, 2.05) is 38.1 Å². The predicted octanol–water partition coefficient (Wildman–Crippen LogP) is 3.09. The summed E-state index contributed by atoms with van der Waals surface area (Å²) in [5, 5.41) is 13.5. The first-order chi connectivity index (χ1) is 8.54. The highest BCUT2D eigenvalue weighted by Crippen LogP contribution is 2.24. The van der Waals surface area contributed by atoms with E-state index in [4.69, 9.17) is 16.7 Å². The minimum absolute atomic E-state index is 0.0831. The summed E-state index contributed by atoms with van der Waals surface area (Å²) in [7, 11) is 0. The maximum absolute atomic E-state index is 11.2. The Bertz CT molecular complexity index is 588. The summed E-state index contributed by atoms with van der Waals surface area (Å²) in [6, 6.07) is 7.58. The third-order valence-corrected chi connectivity index (χ3v) is 3.08. The van der Waals surface area contributed by atoms with E-state index in [9.17, 15) is 4.79 Å². The minimum Gasteiger partial charge on any atom is -0.478 e. The van der Waals surface area contributed by atoms with Crippen LogP contribution in [0.5, 0.6) is 0 Å². The van der Waals surface area contributed by atoms with Crippen LogP contribution in [0.4, 0.5) is 0 Å². The number of hydrogen-bond acceptors (Lipinski definition) is 2. The molecule has 1 aromatic carbocycles. The molecule has 0 aliphatic carbocycles. The van der Waals surface area contributed by atoms with Gasteiger partial charge in [-0.2, -0.15) is 5.10 Å². The molecule has 1 N–H and O–H groups in total. The van der Waals surface area contributed by atoms with Crippen molar-refractivity contribution in [2.45, 2.75) is 20.3 Å². The van der Waals surface area contributed by atoms with Crippen molar-refractivity contribution in [3.63, 3.8) is 0 Å². The Morgan fingerprint density at radius 1 is 1.39 bits per heavy atom. The number of aromatic nitrogens is 2. The van der Waals surface area contributed by atoms with E-state index in [0.29, 0.717) is 12.1 Å². The van der Waals surface area contributed by atoms with Crippen LogP contribution in [-0.2, 0) is 6.42 Å². The number of carbonyl (C=O) groups is 1. The highest BCUT2D eigenvalue weighted by molar-refractivity contribution is 6.32. The maximum Gasteiger partial charge on any atom is 0.340 e. The summed E-state index contributed by atoms with van der Waals surface area (Å²) in [5.74, 6) is -1.05. The minimum atomic E-state index is -1.05. The highest BCUT2D eigenvalue weighted by atomic mass is 35.5. The standard InChI is InChI=1S/C13H13ClN2O2/c1-3-10-11(13(17)18)12(14)16(15-10)9-6-4-8(2)5-7-9/h4-7H,3H2,1-2H3,(H,17,18). The third kappa shape index (κ3) is 2.11. The van der Waals surface area contributed by atoms with Crippen LogP contribution < -0.4 is 0 Å². The van der Waals surface area contributed by atoms with Crippen molar-refractivity contribution in [3.05, 3.63) is 46.2 Å². The topological polar surface area (TPSA) is 55.1 Å². The molecule has 5 heteroatoms. The Balaban J connectivity index is 2.59. The van der Waals surface area contributed by atoms with Crippen LogP contribution in [0.25, 0.3) is 5.69 Å². The first-order valence-corrected chi connectivity index (χ1v) is 6.00. The van der Waals surface area contributed by atoms with Crippen molar-refractivity contribution in [1.29, 1.82) is 0 Å². The Morgan fingerprint density at radius 2 is 2.00 bits per heavy atom. The van der Waals surface area contributed by atoms with Gasteiger partial charge in [0.25, 0.3) is 0 Å². The van der Waals surface area contributed by atoms with E-state index in [1.165, 1.54) is 4.68 Å². The van der Waals surface area contributed by atoms with Gasteiger partial charge in [-0.15, -0.1) is 0 Å². The third-order valence-electron chi connectivity index (χ3n) is 2.73. The van der Waals surface area contributed by atoms with Crippen molar-refractivity contribution < 1.29 is 9.90 Å². The Hall–Kier alpha value is -1.81. The van der Waals surface area contributed by atoms with Gasteiger partial charge in [0.15, 0.2) is 0 Å². The Morgan fingerprint density at radius 3 is 2.44 bits per heavy atom. The van der Waals surface area contributed by atoms with Gasteiger partial charge in [-0.25, -0.2) is 9.48 Å². The fourth-order valence-corrected chi connectivity index (χ4v) is 2.08. The van der Waals surface area contributed by atoms with Gasteiger partial charge in [0.2, 0.25) is 0 Å². The zero-order chi connectivity index (χ0) is 13.3. The number of carboxylic acids is 1. The molecule has 0 atom stereocenters. The highest BCUT2D eigenvalue weighted by Gasteiger charge is 2.21. The van der Waals surface area contributed by atoms with Crippen LogP contribution in [0.1, 0.15) is 28.5 Å². The van der Waals surface area contributed by atoms with Gasteiger partial charge in [-0.05, 0) is 25.5 Å². The van der Waals surface area contributed by atoms with Crippen LogP contribution in [0.15, 0.2) is 24.3 Å². The molecule has 18 heavy (non-hydrogen) atoms. The lowest BCUT2D eigenvalue weighted by Crippen LogP contribution is -2.00. The van der Waals surface area contributed by atoms with Crippen LogP contribution in [0, 0.1) is 6.92 Å². The monoisotopic (exact) mass is 264 g/mol. The second kappa shape index (κ2) is 4.82. The molecule has 4 nitrogen and oxygen atoms in total. The first kappa shape index (κ1) is 12.6. The number of aromatic carboxylic acids is 1. The normalized spacial score (nSPS) is 10.6. The molecule has 2 aromatic rings. The van der Waals surface area contributed by atoms with Gasteiger partial charge in [0.05, 0.1) is 11.4 Å². The number of nitrogens with zero attached hydrogens (tertiary/aromatic N) is 2. The molecule has 0 aliphatic rings. The number of hydrogen-bond donors (Lipinski definition) is 1. The predicted molar refractivity (Wildman–Crippen MR) is 69.6 cm³/mol. The molecule has 0 unspecified atom stereocenters. The first-order valence-electron chi connectivity index (χ1n) is 5.62. The number of benzene rings is 1. The van der Waals surface area contributed by atoms with Crippen molar-refractivity contribution in [3.8, 4) is 5.69 Å². The maximum atomic E-state index is 11.2. The molecule has 0 amide bonds. The van der Waals surface area contributed by atoms with E-state index < -0.39 is 5.97 Å². The molecule has 0 saturated heterocycles. The van der Waals surface area contributed by atoms with Crippen LogP contribution >= 0.6 is 11.6 Å². The van der Waals surface area contributed by atoms with Gasteiger partial charge >= 0.3 is 5.97 Å². The lowest BCUT2D eigenvalue weighted by Gasteiger charge is -2.03. The smallest absolute Gasteiger partial charge is 0.340 e. The number of rotatable bonds is 3. The SMILES string of the molecule is CCc1nn(-c2ccc(C)cc2)c(Cl)c1C(=O)O. The molecule has 1 heterocycles. The van der Waals surface area contributed by atoms with E-state index in [1.54, 1.807) is 0 Å². The second-order valence-electron chi connectivity index (χ2n) is 4.02. The van der Waals surface area contributed by atoms with E-state index in [0.717, 1.165) is 11.3 Å². The van der Waals surface area contributed by atoms with Crippen molar-refractivity contribution in [2.24, 2.45) is 0 Å². The Kier molecular flexibility index (Phi) is 3.39. The summed E-state index contributed by atoms with van der Waals surface area (Å²) < 4.78 is 1.46. The summed E-state index contributed by atoms with van der Waals surface area (Å²) in [6.07, 6.45) is 0.528. The molecule has 0 fully saturated rings. The van der Waals surface area contributed by atoms with Gasteiger partial charge in [0.1, 0.15) is 10.7 Å². The zero-order valence-electron chi connectivity index (χ0n) is 10.1. The van der Waals surface area contributed by atoms with E-state index in [2.05, 4.69) is 5.10 Å². The lowest BCUT2D eigenvalue weighted by atomic mass is 10.2. The van der Waals surface area contributed by atoms with E-state index >= 15 is 0 Å². The largest absolute Gasteiger partial charge is 0.478 e. The van der Waals surface area contributed by atoms with Gasteiger partial charge in [0, 0.05) is 0 Å². The molecule has 94 valence electrons. The summed E-state index contributed by atoms with van der Waals surface area (Å²) in [6.45, 7) is 3.83. The molecule has 0 radical (unpaired) electrons. The molecule has 0 saturated carbocycles. The average Bonchev–Trinajstić information content (AvgIpc) is 2.67. The fraction of sp³-hybridized carbons (Fsp3) is 0.231. The molecule has 1 aromatic heterocycles. The molecular formula is C13H13ClN2O2. The zero-order valence-corrected chi connectivity index (χ0v) is 10.9. The molecule has 0 aliphatic heterocycles. The number of halogens is 1. The summed E-state index contributed by atoms with van der Waals surface area (Å²) in [4.78, 5) is 11.2. The quantitative estimate of drug-likeness (QED) is 0.927. The summed E-state index contributed by atoms with van der Waals surface area (Å²) in [5.41, 5.74) is 2.46. The number of carboxylic acid groups (broad SMARTS) is 1. The Labute approximate surface area is 110 Å². The molecular weight excluding hydrogens is 252 g/mol. The summed E-state index contributed by atoms with van der Waals surface area (Å²) >= 11 is 6.10. The van der Waals surface area contributed by atoms with Crippen molar-refractivity contribution in [1.82, 2.24) is 9.78 Å². The fourth-order valence-electron chi connectivity index (χ4n) is 1.76. The van der Waals surface area contributed by atoms with Crippen LogP contribution in [0.3, 0.4) is 0 Å². The number of aryl methyl sites for hydroxylation is 2. The van der Waals surface area contributed by atoms with Crippen molar-refractivity contribution >= 4 is 17.6 Å². The average molecular weight is 265 g/mol. The molecule has 0 spiro atoms. The lowest BCUT2D eigenvalue weighted by molar-refractivity contribution is 0.0696. The second-order valence-corrected chi connectivity index (χ2v) is 4.38. The van der Waals surface area contributed by atoms with Gasteiger partial charge in [-0.1, -0.05) is 36.2 Å². The van der Waals surface area contributed by atoms with Gasteiger partial charge in [-0.3, -0.25) is 0 Å². The van der Waals surface area contributed by atoms with E-state index in [-0.39, 0.29) is 10.7 Å². The van der Waals surface area contributed by atoms with Crippen LogP contribution in [0.2, 0.25) is 5.15 Å². The van der Waals surface area contributed by atoms with Crippen molar-refractivity contribution in [2.75, 3.05) is 0 Å². The van der Waals surface area contributed by atoms with Gasteiger partial charge < -0.3 is 5.11 Å². The van der Waals surface area contributed by atoms with Crippen LogP contribution in [-0.4, -0.2) is 20.9 Å². The molecule has 2 rings (SSSR count). The molecule has 0 bridgehead atoms.